The fourth-order valence-corrected chi connectivity index (χ4v) is 3.18. The van der Waals surface area contributed by atoms with E-state index in [2.05, 4.69) is 55.3 Å². The number of nitrogens with one attached hydrogen (secondary N) is 1. The summed E-state index contributed by atoms with van der Waals surface area (Å²) in [6.45, 7) is 9.00. The predicted molar refractivity (Wildman–Crippen MR) is 107 cm³/mol. The molecule has 0 bridgehead atoms. The smallest absolute Gasteiger partial charge is 0.176 e. The van der Waals surface area contributed by atoms with E-state index in [1.54, 1.807) is 6.07 Å². The molecule has 4 nitrogen and oxygen atoms in total. The fourth-order valence-electron chi connectivity index (χ4n) is 3.18. The molecule has 1 atom stereocenters. The molecule has 1 N–H and O–H groups in total. The predicted octanol–water partition coefficient (Wildman–Crippen LogP) is 4.00. The van der Waals surface area contributed by atoms with Crippen LogP contribution in [0.25, 0.3) is 0 Å². The van der Waals surface area contributed by atoms with Crippen LogP contribution in [-0.2, 0) is 0 Å². The van der Waals surface area contributed by atoms with Crippen molar-refractivity contribution in [3.63, 3.8) is 0 Å². The van der Waals surface area contributed by atoms with Crippen LogP contribution in [-0.4, -0.2) is 44.0 Å². The Morgan fingerprint density at radius 3 is 2.37 bits per heavy atom. The van der Waals surface area contributed by atoms with E-state index in [0.29, 0.717) is 12.1 Å². The minimum atomic E-state index is -0.524. The van der Waals surface area contributed by atoms with E-state index in [-0.39, 0.29) is 24.1 Å². The van der Waals surface area contributed by atoms with Gasteiger partial charge < -0.3 is 10.1 Å². The number of hydrogen-bond donors (Lipinski definition) is 1. The van der Waals surface area contributed by atoms with Gasteiger partial charge in [0.1, 0.15) is 0 Å². The first-order valence-electron chi connectivity index (χ1n) is 9.38. The number of Topliss-reactive ketones (excluding diaryl/α,β-unsaturated/α-hetero) is 1. The minimum absolute atomic E-state index is 0.139. The first kappa shape index (κ1) is 21.1. The molecule has 0 spiro atoms. The van der Waals surface area contributed by atoms with Gasteiger partial charge in [-0.15, -0.1) is 0 Å². The molecule has 0 aliphatic rings. The molecule has 0 saturated heterocycles. The lowest BCUT2D eigenvalue weighted by Crippen LogP contribution is -2.37. The van der Waals surface area contributed by atoms with Gasteiger partial charge in [0.05, 0.1) is 13.7 Å². The van der Waals surface area contributed by atoms with Gasteiger partial charge in [0.25, 0.3) is 0 Å². The van der Waals surface area contributed by atoms with E-state index in [1.165, 1.54) is 30.4 Å². The van der Waals surface area contributed by atoms with Gasteiger partial charge in [-0.25, -0.2) is 4.39 Å². The lowest BCUT2D eigenvalue weighted by molar-refractivity contribution is 0.0986. The molecule has 1 unspecified atom stereocenters. The van der Waals surface area contributed by atoms with Crippen molar-refractivity contribution in [3.8, 4) is 5.75 Å². The van der Waals surface area contributed by atoms with Gasteiger partial charge >= 0.3 is 0 Å². The number of rotatable bonds is 10. The van der Waals surface area contributed by atoms with Gasteiger partial charge in [-0.2, -0.15) is 0 Å². The molecule has 0 aromatic heterocycles. The van der Waals surface area contributed by atoms with Gasteiger partial charge in [0, 0.05) is 18.2 Å². The van der Waals surface area contributed by atoms with E-state index in [0.717, 1.165) is 13.1 Å². The number of nitrogens with zero attached hydrogens (tertiary/aromatic N) is 1. The Balaban J connectivity index is 2.03. The summed E-state index contributed by atoms with van der Waals surface area (Å²) in [5, 5.41) is 3.25. The van der Waals surface area contributed by atoms with Crippen LogP contribution in [0.1, 0.15) is 41.4 Å². The monoisotopic (exact) mass is 372 g/mol. The SMILES string of the molecule is CCN(CC)C(CNCC(=O)c1ccc(OC)c(F)c1)c1ccc(C)cc1. The highest BCUT2D eigenvalue weighted by Crippen LogP contribution is 2.21. The molecule has 0 heterocycles. The summed E-state index contributed by atoms with van der Waals surface area (Å²) in [7, 11) is 1.40. The van der Waals surface area contributed by atoms with E-state index >= 15 is 0 Å². The summed E-state index contributed by atoms with van der Waals surface area (Å²) in [4.78, 5) is 14.7. The average Bonchev–Trinajstić information content (AvgIpc) is 2.68. The topological polar surface area (TPSA) is 41.6 Å². The lowest BCUT2D eigenvalue weighted by Gasteiger charge is -2.30. The summed E-state index contributed by atoms with van der Waals surface area (Å²) >= 11 is 0. The number of carbonyl (C=O) groups excluding carboxylic acids is 1. The fraction of sp³-hybridized carbons (Fsp3) is 0.409. The maximum absolute atomic E-state index is 13.8. The maximum atomic E-state index is 13.8. The maximum Gasteiger partial charge on any atom is 0.176 e. The summed E-state index contributed by atoms with van der Waals surface area (Å²) in [5.74, 6) is -0.525. The molecule has 0 saturated carbocycles. The van der Waals surface area contributed by atoms with Crippen LogP contribution in [0, 0.1) is 12.7 Å². The van der Waals surface area contributed by atoms with Gasteiger partial charge in [-0.1, -0.05) is 43.7 Å². The Kier molecular flexibility index (Phi) is 7.95. The highest BCUT2D eigenvalue weighted by molar-refractivity contribution is 5.97. The van der Waals surface area contributed by atoms with Crippen LogP contribution < -0.4 is 10.1 Å². The zero-order valence-corrected chi connectivity index (χ0v) is 16.6. The van der Waals surface area contributed by atoms with Crippen molar-refractivity contribution in [1.29, 1.82) is 0 Å². The second kappa shape index (κ2) is 10.2. The lowest BCUT2D eigenvalue weighted by atomic mass is 10.0. The number of aryl methyl sites for hydroxylation is 1. The number of methoxy groups -OCH3 is 1. The third-order valence-corrected chi connectivity index (χ3v) is 4.81. The third kappa shape index (κ3) is 5.62. The molecule has 0 radical (unpaired) electrons. The van der Waals surface area contributed by atoms with Crippen molar-refractivity contribution < 1.29 is 13.9 Å². The normalized spacial score (nSPS) is 12.2. The second-order valence-electron chi connectivity index (χ2n) is 6.55. The number of hydrogen-bond acceptors (Lipinski definition) is 4. The Morgan fingerprint density at radius 2 is 1.81 bits per heavy atom. The number of ketones is 1. The van der Waals surface area contributed by atoms with E-state index in [9.17, 15) is 9.18 Å². The summed E-state index contributed by atoms with van der Waals surface area (Å²) < 4.78 is 18.7. The van der Waals surface area contributed by atoms with Crippen molar-refractivity contribution in [2.24, 2.45) is 0 Å². The molecule has 0 aliphatic carbocycles. The number of likely N-dealkylation sites (N-methyl/N-ethyl adjacent to an activating group) is 1. The number of halogens is 1. The van der Waals surface area contributed by atoms with Crippen LogP contribution in [0.2, 0.25) is 0 Å². The van der Waals surface area contributed by atoms with Crippen LogP contribution in [0.3, 0.4) is 0 Å². The Morgan fingerprint density at radius 1 is 1.15 bits per heavy atom. The van der Waals surface area contributed by atoms with Crippen molar-refractivity contribution in [3.05, 3.63) is 65.0 Å². The first-order chi connectivity index (χ1) is 13.0. The van der Waals surface area contributed by atoms with Crippen molar-refractivity contribution in [2.45, 2.75) is 26.8 Å². The van der Waals surface area contributed by atoms with E-state index < -0.39 is 5.82 Å². The molecule has 0 fully saturated rings. The standard InChI is InChI=1S/C22H29FN2O2/c1-5-25(6-2)20(17-9-7-16(3)8-10-17)14-24-15-21(26)18-11-12-22(27-4)19(23)13-18/h7-13,20,24H,5-6,14-15H2,1-4H3. The van der Waals surface area contributed by atoms with Gasteiger partial charge in [-0.3, -0.25) is 9.69 Å². The first-order valence-corrected chi connectivity index (χ1v) is 9.38. The van der Waals surface area contributed by atoms with Crippen LogP contribution in [0.15, 0.2) is 42.5 Å². The molecule has 0 aliphatic heterocycles. The molecule has 0 amide bonds. The van der Waals surface area contributed by atoms with Gasteiger partial charge in [-0.05, 0) is 43.8 Å². The Bertz CT molecular complexity index is 742. The molecule has 2 aromatic rings. The highest BCUT2D eigenvalue weighted by Gasteiger charge is 2.18. The molecule has 5 heteroatoms. The average molecular weight is 372 g/mol. The third-order valence-electron chi connectivity index (χ3n) is 4.81. The van der Waals surface area contributed by atoms with Crippen molar-refractivity contribution in [1.82, 2.24) is 10.2 Å². The van der Waals surface area contributed by atoms with Crippen LogP contribution in [0.4, 0.5) is 4.39 Å². The van der Waals surface area contributed by atoms with Crippen LogP contribution >= 0.6 is 0 Å². The zero-order valence-electron chi connectivity index (χ0n) is 16.6. The van der Waals surface area contributed by atoms with Crippen LogP contribution in [0.5, 0.6) is 5.75 Å². The molecule has 2 rings (SSSR count). The molecule has 2 aromatic carbocycles. The van der Waals surface area contributed by atoms with E-state index in [1.807, 2.05) is 0 Å². The molecular formula is C22H29FN2O2. The summed E-state index contributed by atoms with van der Waals surface area (Å²) in [6.07, 6.45) is 0. The van der Waals surface area contributed by atoms with Crippen molar-refractivity contribution in [2.75, 3.05) is 33.3 Å². The van der Waals surface area contributed by atoms with Gasteiger partial charge in [0.15, 0.2) is 17.3 Å². The molecule has 146 valence electrons. The van der Waals surface area contributed by atoms with Gasteiger partial charge in [0.2, 0.25) is 0 Å². The summed E-state index contributed by atoms with van der Waals surface area (Å²) in [6, 6.07) is 13.0. The Labute approximate surface area is 161 Å². The highest BCUT2D eigenvalue weighted by atomic mass is 19.1. The number of ether oxygens (including phenoxy) is 1. The minimum Gasteiger partial charge on any atom is -0.494 e. The summed E-state index contributed by atoms with van der Waals surface area (Å²) in [5.41, 5.74) is 2.79. The Hall–Kier alpha value is -2.24. The second-order valence-corrected chi connectivity index (χ2v) is 6.55. The number of carbonyl (C=O) groups is 1. The largest absolute Gasteiger partial charge is 0.494 e. The van der Waals surface area contributed by atoms with Crippen molar-refractivity contribution >= 4 is 5.78 Å². The molecule has 27 heavy (non-hydrogen) atoms. The quantitative estimate of drug-likeness (QED) is 0.640. The molecular weight excluding hydrogens is 343 g/mol. The zero-order chi connectivity index (χ0) is 19.8. The number of benzene rings is 2. The van der Waals surface area contributed by atoms with E-state index in [4.69, 9.17) is 4.74 Å².